The van der Waals surface area contributed by atoms with Crippen molar-refractivity contribution in [2.75, 3.05) is 11.9 Å². The summed E-state index contributed by atoms with van der Waals surface area (Å²) >= 11 is 0. The number of urea groups is 1. The first kappa shape index (κ1) is 14.6. The Kier molecular flexibility index (Phi) is 4.77. The number of amides is 2. The van der Waals surface area contributed by atoms with Crippen LogP contribution >= 0.6 is 0 Å². The van der Waals surface area contributed by atoms with Gasteiger partial charge in [-0.25, -0.2) is 4.79 Å². The Morgan fingerprint density at radius 1 is 1.20 bits per heavy atom. The number of hydrogen-bond acceptors (Lipinski definition) is 2. The van der Waals surface area contributed by atoms with Gasteiger partial charge in [-0.2, -0.15) is 0 Å². The summed E-state index contributed by atoms with van der Waals surface area (Å²) in [5.41, 5.74) is 1.35. The zero-order valence-electron chi connectivity index (χ0n) is 12.1. The van der Waals surface area contributed by atoms with Crippen molar-refractivity contribution in [3.05, 3.63) is 29.8 Å². The lowest BCUT2D eigenvalue weighted by Gasteiger charge is -2.12. The average molecular weight is 274 g/mol. The zero-order valence-corrected chi connectivity index (χ0v) is 12.1. The standard InChI is InChI=1S/C16H22N2O2/c1-11-3-4-13(9-11)10-17-16(20)18-15-7-5-14(6-8-15)12(2)19/h5-8,11,13H,3-4,9-10H2,1-2H3,(H2,17,18,20). The number of carbonyl (C=O) groups is 2. The van der Waals surface area contributed by atoms with Crippen LogP contribution in [-0.2, 0) is 0 Å². The molecule has 4 nitrogen and oxygen atoms in total. The van der Waals surface area contributed by atoms with E-state index in [2.05, 4.69) is 17.6 Å². The van der Waals surface area contributed by atoms with Crippen LogP contribution in [0.2, 0.25) is 0 Å². The predicted octanol–water partition coefficient (Wildman–Crippen LogP) is 3.45. The van der Waals surface area contributed by atoms with Crippen LogP contribution in [0.4, 0.5) is 10.5 Å². The second-order valence-corrected chi connectivity index (χ2v) is 5.75. The van der Waals surface area contributed by atoms with E-state index in [1.165, 1.54) is 26.2 Å². The number of hydrogen-bond donors (Lipinski definition) is 2. The SMILES string of the molecule is CC(=O)c1ccc(NC(=O)NCC2CCC(C)C2)cc1. The molecule has 1 aliphatic rings. The van der Waals surface area contributed by atoms with Crippen LogP contribution in [0.15, 0.2) is 24.3 Å². The molecule has 1 fully saturated rings. The van der Waals surface area contributed by atoms with E-state index in [0.29, 0.717) is 17.2 Å². The van der Waals surface area contributed by atoms with Crippen molar-refractivity contribution in [3.8, 4) is 0 Å². The van der Waals surface area contributed by atoms with Crippen LogP contribution in [0.3, 0.4) is 0 Å². The largest absolute Gasteiger partial charge is 0.338 e. The predicted molar refractivity (Wildman–Crippen MR) is 80.0 cm³/mol. The fraction of sp³-hybridized carbons (Fsp3) is 0.500. The summed E-state index contributed by atoms with van der Waals surface area (Å²) in [4.78, 5) is 22.9. The molecule has 0 bridgehead atoms. The van der Waals surface area contributed by atoms with Crippen LogP contribution in [0.1, 0.15) is 43.5 Å². The molecular weight excluding hydrogens is 252 g/mol. The summed E-state index contributed by atoms with van der Waals surface area (Å²) in [6, 6.07) is 6.75. The Morgan fingerprint density at radius 3 is 2.45 bits per heavy atom. The highest BCUT2D eigenvalue weighted by Gasteiger charge is 2.21. The third-order valence-electron chi connectivity index (χ3n) is 3.90. The van der Waals surface area contributed by atoms with Crippen LogP contribution in [0, 0.1) is 11.8 Å². The summed E-state index contributed by atoms with van der Waals surface area (Å²) in [5.74, 6) is 1.41. The Balaban J connectivity index is 1.77. The molecule has 2 N–H and O–H groups in total. The number of anilines is 1. The third-order valence-corrected chi connectivity index (χ3v) is 3.90. The highest BCUT2D eigenvalue weighted by Crippen LogP contribution is 2.29. The van der Waals surface area contributed by atoms with Gasteiger partial charge in [-0.15, -0.1) is 0 Å². The van der Waals surface area contributed by atoms with E-state index in [4.69, 9.17) is 0 Å². The van der Waals surface area contributed by atoms with Crippen LogP contribution in [0.25, 0.3) is 0 Å². The summed E-state index contributed by atoms with van der Waals surface area (Å²) in [6.45, 7) is 4.52. The molecule has 4 heteroatoms. The van der Waals surface area contributed by atoms with Crippen LogP contribution in [-0.4, -0.2) is 18.4 Å². The van der Waals surface area contributed by atoms with Crippen molar-refractivity contribution in [1.82, 2.24) is 5.32 Å². The van der Waals surface area contributed by atoms with Gasteiger partial charge in [-0.1, -0.05) is 13.3 Å². The van der Waals surface area contributed by atoms with Gasteiger partial charge < -0.3 is 10.6 Å². The molecule has 0 aliphatic heterocycles. The van der Waals surface area contributed by atoms with Gasteiger partial charge in [0, 0.05) is 17.8 Å². The third kappa shape index (κ3) is 4.08. The fourth-order valence-electron chi connectivity index (χ4n) is 2.71. The molecule has 1 saturated carbocycles. The lowest BCUT2D eigenvalue weighted by Crippen LogP contribution is -2.32. The van der Waals surface area contributed by atoms with Crippen LogP contribution in [0.5, 0.6) is 0 Å². The lowest BCUT2D eigenvalue weighted by molar-refractivity contribution is 0.101. The van der Waals surface area contributed by atoms with E-state index >= 15 is 0 Å². The lowest BCUT2D eigenvalue weighted by atomic mass is 10.1. The van der Waals surface area contributed by atoms with Gasteiger partial charge in [0.1, 0.15) is 0 Å². The molecule has 0 saturated heterocycles. The molecule has 1 aromatic carbocycles. The molecule has 1 aromatic rings. The van der Waals surface area contributed by atoms with Gasteiger partial charge in [0.05, 0.1) is 0 Å². The van der Waals surface area contributed by atoms with Crippen molar-refractivity contribution in [2.45, 2.75) is 33.1 Å². The van der Waals surface area contributed by atoms with Crippen molar-refractivity contribution < 1.29 is 9.59 Å². The molecule has 2 amide bonds. The first-order valence-electron chi connectivity index (χ1n) is 7.20. The number of ketones is 1. The monoisotopic (exact) mass is 274 g/mol. The van der Waals surface area contributed by atoms with Gasteiger partial charge in [0.2, 0.25) is 0 Å². The Morgan fingerprint density at radius 2 is 1.90 bits per heavy atom. The number of benzene rings is 1. The maximum atomic E-state index is 11.8. The van der Waals surface area contributed by atoms with E-state index in [-0.39, 0.29) is 11.8 Å². The number of Topliss-reactive ketones (excluding diaryl/α,β-unsaturated/α-hetero) is 1. The minimum Gasteiger partial charge on any atom is -0.338 e. The van der Waals surface area contributed by atoms with E-state index in [9.17, 15) is 9.59 Å². The van der Waals surface area contributed by atoms with E-state index in [1.807, 2.05) is 0 Å². The maximum absolute atomic E-state index is 11.8. The summed E-state index contributed by atoms with van der Waals surface area (Å²) in [6.07, 6.45) is 3.67. The molecule has 108 valence electrons. The number of carbonyl (C=O) groups excluding carboxylic acids is 2. The minimum atomic E-state index is -0.180. The maximum Gasteiger partial charge on any atom is 0.319 e. The van der Waals surface area contributed by atoms with Crippen molar-refractivity contribution in [3.63, 3.8) is 0 Å². The van der Waals surface area contributed by atoms with E-state index in [1.54, 1.807) is 24.3 Å². The number of nitrogens with one attached hydrogen (secondary N) is 2. The summed E-state index contributed by atoms with van der Waals surface area (Å²) < 4.78 is 0. The van der Waals surface area contributed by atoms with Gasteiger partial charge in [-0.3, -0.25) is 4.79 Å². The Hall–Kier alpha value is -1.84. The van der Waals surface area contributed by atoms with E-state index < -0.39 is 0 Å². The van der Waals surface area contributed by atoms with Crippen molar-refractivity contribution in [2.24, 2.45) is 11.8 Å². The zero-order chi connectivity index (χ0) is 14.5. The highest BCUT2D eigenvalue weighted by molar-refractivity contribution is 5.95. The molecule has 0 radical (unpaired) electrons. The van der Waals surface area contributed by atoms with Crippen molar-refractivity contribution >= 4 is 17.5 Å². The van der Waals surface area contributed by atoms with Gasteiger partial charge in [0.25, 0.3) is 0 Å². The second-order valence-electron chi connectivity index (χ2n) is 5.75. The normalized spacial score (nSPS) is 21.5. The molecule has 1 aliphatic carbocycles. The summed E-state index contributed by atoms with van der Waals surface area (Å²) in [5, 5.41) is 5.70. The van der Waals surface area contributed by atoms with E-state index in [0.717, 1.165) is 12.5 Å². The molecule has 0 heterocycles. The molecule has 2 atom stereocenters. The fourth-order valence-corrected chi connectivity index (χ4v) is 2.71. The molecule has 0 spiro atoms. The molecule has 2 rings (SSSR count). The Bertz CT molecular complexity index is 482. The van der Waals surface area contributed by atoms with Gasteiger partial charge >= 0.3 is 6.03 Å². The quantitative estimate of drug-likeness (QED) is 0.826. The second kappa shape index (κ2) is 6.55. The minimum absolute atomic E-state index is 0.0244. The Labute approximate surface area is 119 Å². The highest BCUT2D eigenvalue weighted by atomic mass is 16.2. The number of rotatable bonds is 4. The smallest absolute Gasteiger partial charge is 0.319 e. The molecule has 2 unspecified atom stereocenters. The topological polar surface area (TPSA) is 58.2 Å². The molecule has 0 aromatic heterocycles. The first-order chi connectivity index (χ1) is 9.54. The molecule has 20 heavy (non-hydrogen) atoms. The summed E-state index contributed by atoms with van der Waals surface area (Å²) in [7, 11) is 0. The van der Waals surface area contributed by atoms with Crippen molar-refractivity contribution in [1.29, 1.82) is 0 Å². The molecular formula is C16H22N2O2. The van der Waals surface area contributed by atoms with Gasteiger partial charge in [-0.05, 0) is 55.9 Å². The van der Waals surface area contributed by atoms with Gasteiger partial charge in [0.15, 0.2) is 5.78 Å². The van der Waals surface area contributed by atoms with Crippen LogP contribution < -0.4 is 10.6 Å². The first-order valence-corrected chi connectivity index (χ1v) is 7.20. The average Bonchev–Trinajstić information content (AvgIpc) is 2.83.